The first kappa shape index (κ1) is 26.5. The van der Waals surface area contributed by atoms with Crippen molar-refractivity contribution in [3.8, 4) is 11.8 Å². The number of nitrogens with zero attached hydrogens (tertiary/aromatic N) is 3. The molecule has 3 amide bonds. The van der Waals surface area contributed by atoms with Crippen LogP contribution in [0, 0.1) is 11.8 Å². The highest BCUT2D eigenvalue weighted by Crippen LogP contribution is 2.28. The maximum Gasteiger partial charge on any atom is 0.410 e. The molecule has 2 aliphatic rings. The van der Waals surface area contributed by atoms with Crippen LogP contribution in [0.3, 0.4) is 0 Å². The summed E-state index contributed by atoms with van der Waals surface area (Å²) in [5, 5.41) is 2.31. The molecule has 0 radical (unpaired) electrons. The van der Waals surface area contributed by atoms with E-state index in [1.165, 1.54) is 9.13 Å². The molecule has 0 bridgehead atoms. The number of fused-ring (bicyclic) bond motifs is 1. The molecule has 4 rings (SSSR count). The van der Waals surface area contributed by atoms with Crippen molar-refractivity contribution in [2.24, 2.45) is 7.05 Å². The third-order valence-electron chi connectivity index (χ3n) is 6.33. The molecule has 0 spiro atoms. The fourth-order valence-corrected chi connectivity index (χ4v) is 4.49. The summed E-state index contributed by atoms with van der Waals surface area (Å²) in [7, 11) is 1.64. The van der Waals surface area contributed by atoms with Gasteiger partial charge in [-0.05, 0) is 58.6 Å². The Morgan fingerprint density at radius 1 is 1.19 bits per heavy atom. The summed E-state index contributed by atoms with van der Waals surface area (Å²) in [6, 6.07) is 4.90. The second-order valence-electron chi connectivity index (χ2n) is 10.5. The summed E-state index contributed by atoms with van der Waals surface area (Å²) < 4.78 is 14.1. The van der Waals surface area contributed by atoms with Gasteiger partial charge in [0.1, 0.15) is 18.2 Å². The Hall–Kier alpha value is -3.58. The highest BCUT2D eigenvalue weighted by Gasteiger charge is 2.35. The van der Waals surface area contributed by atoms with Crippen molar-refractivity contribution in [1.82, 2.24) is 19.4 Å². The number of nitrogens with one attached hydrogen (secondary N) is 1. The van der Waals surface area contributed by atoms with Crippen LogP contribution < -0.4 is 11.0 Å². The molecule has 1 aliphatic heterocycles. The Labute approximate surface area is 215 Å². The van der Waals surface area contributed by atoms with Crippen LogP contribution in [0.2, 0.25) is 0 Å². The smallest absolute Gasteiger partial charge is 0.410 e. The van der Waals surface area contributed by atoms with Gasteiger partial charge in [-0.3, -0.25) is 24.0 Å². The van der Waals surface area contributed by atoms with E-state index in [1.54, 1.807) is 24.1 Å². The molecule has 1 aromatic heterocycles. The number of rotatable bonds is 7. The Morgan fingerprint density at radius 2 is 1.95 bits per heavy atom. The molecule has 10 nitrogen and oxygen atoms in total. The molecule has 1 atom stereocenters. The molecule has 1 unspecified atom stereocenters. The van der Waals surface area contributed by atoms with Gasteiger partial charge in [-0.1, -0.05) is 17.9 Å². The number of aromatic nitrogens is 2. The number of para-hydroxylation sites is 1. The van der Waals surface area contributed by atoms with Crippen LogP contribution in [0.15, 0.2) is 23.0 Å². The third-order valence-corrected chi connectivity index (χ3v) is 6.33. The third kappa shape index (κ3) is 6.23. The van der Waals surface area contributed by atoms with Crippen molar-refractivity contribution in [3.63, 3.8) is 0 Å². The molecular formula is C27H34N4O6. The predicted octanol–water partition coefficient (Wildman–Crippen LogP) is 2.48. The summed E-state index contributed by atoms with van der Waals surface area (Å²) in [6.45, 7) is 6.81. The Morgan fingerprint density at radius 3 is 2.62 bits per heavy atom. The SMILES string of the molecule is Cn1c(=O)n(C2CCC(=O)NC2=O)c2cccc(C#CCOCCCN(C(=O)OC(C)(C)C)C3CC3)c21. The molecule has 1 saturated carbocycles. The van der Waals surface area contributed by atoms with Gasteiger partial charge in [-0.15, -0.1) is 0 Å². The van der Waals surface area contributed by atoms with E-state index in [4.69, 9.17) is 9.47 Å². The van der Waals surface area contributed by atoms with Crippen molar-refractivity contribution in [3.05, 3.63) is 34.2 Å². The summed E-state index contributed by atoms with van der Waals surface area (Å²) in [4.78, 5) is 51.2. The number of imide groups is 1. The molecule has 2 heterocycles. The largest absolute Gasteiger partial charge is 0.444 e. The predicted molar refractivity (Wildman–Crippen MR) is 137 cm³/mol. The van der Waals surface area contributed by atoms with E-state index in [9.17, 15) is 19.2 Å². The maximum absolute atomic E-state index is 13.0. The number of imidazole rings is 1. The monoisotopic (exact) mass is 510 g/mol. The van der Waals surface area contributed by atoms with Crippen molar-refractivity contribution in [2.75, 3.05) is 19.8 Å². The fraction of sp³-hybridized carbons (Fsp3) is 0.556. The van der Waals surface area contributed by atoms with E-state index >= 15 is 0 Å². The zero-order valence-electron chi connectivity index (χ0n) is 21.8. The quantitative estimate of drug-likeness (QED) is 0.348. The number of amides is 3. The van der Waals surface area contributed by atoms with Crippen molar-refractivity contribution in [1.29, 1.82) is 0 Å². The number of aryl methyl sites for hydroxylation is 1. The average molecular weight is 511 g/mol. The van der Waals surface area contributed by atoms with Gasteiger partial charge >= 0.3 is 11.8 Å². The summed E-state index contributed by atoms with van der Waals surface area (Å²) in [5.74, 6) is 5.27. The number of ether oxygens (including phenoxy) is 2. The first-order chi connectivity index (χ1) is 17.6. The zero-order chi connectivity index (χ0) is 26.7. The lowest BCUT2D eigenvalue weighted by Gasteiger charge is -2.27. The van der Waals surface area contributed by atoms with Crippen molar-refractivity contribution >= 4 is 28.9 Å². The van der Waals surface area contributed by atoms with Crippen molar-refractivity contribution in [2.45, 2.75) is 70.6 Å². The van der Waals surface area contributed by atoms with E-state index in [2.05, 4.69) is 17.2 Å². The lowest BCUT2D eigenvalue weighted by Crippen LogP contribution is -2.44. The number of benzene rings is 1. The highest BCUT2D eigenvalue weighted by atomic mass is 16.6. The number of hydrogen-bond donors (Lipinski definition) is 1. The van der Waals surface area contributed by atoms with Crippen LogP contribution in [0.4, 0.5) is 4.79 Å². The molecule has 37 heavy (non-hydrogen) atoms. The normalized spacial score (nSPS) is 17.8. The van der Waals surface area contributed by atoms with Gasteiger partial charge < -0.3 is 14.4 Å². The van der Waals surface area contributed by atoms with Crippen LogP contribution in [-0.2, 0) is 26.1 Å². The van der Waals surface area contributed by atoms with Crippen LogP contribution >= 0.6 is 0 Å². The first-order valence-electron chi connectivity index (χ1n) is 12.7. The van der Waals surface area contributed by atoms with Crippen LogP contribution in [0.1, 0.15) is 64.5 Å². The standard InChI is InChI=1S/C27H34N4O6/c1-27(2,3)37-26(35)30(19-11-12-19)15-7-17-36-16-6-9-18-8-5-10-20-23(18)29(4)25(34)31(20)21-13-14-22(32)28-24(21)33/h5,8,10,19,21H,7,11-17H2,1-4H3,(H,28,32,33). The lowest BCUT2D eigenvalue weighted by atomic mass is 10.1. The number of piperidine rings is 1. The van der Waals surface area contributed by atoms with E-state index in [-0.39, 0.29) is 43.2 Å². The minimum Gasteiger partial charge on any atom is -0.444 e. The first-order valence-corrected chi connectivity index (χ1v) is 12.7. The number of carbonyl (C=O) groups is 3. The Kier molecular flexibility index (Phi) is 7.73. The second-order valence-corrected chi connectivity index (χ2v) is 10.5. The maximum atomic E-state index is 13.0. The van der Waals surface area contributed by atoms with Crippen molar-refractivity contribution < 1.29 is 23.9 Å². The van der Waals surface area contributed by atoms with Gasteiger partial charge in [-0.2, -0.15) is 0 Å². The minimum absolute atomic E-state index is 0.187. The second kappa shape index (κ2) is 10.8. The van der Waals surface area contributed by atoms with Crippen LogP contribution in [-0.4, -0.2) is 63.3 Å². The molecule has 2 fully saturated rings. The number of carbonyl (C=O) groups excluding carboxylic acids is 3. The fourth-order valence-electron chi connectivity index (χ4n) is 4.49. The zero-order valence-corrected chi connectivity index (χ0v) is 21.8. The summed E-state index contributed by atoms with van der Waals surface area (Å²) in [5.41, 5.74) is 1.02. The Balaban J connectivity index is 1.36. The van der Waals surface area contributed by atoms with Gasteiger partial charge in [0.15, 0.2) is 0 Å². The molecular weight excluding hydrogens is 476 g/mol. The molecule has 198 valence electrons. The number of hydrogen-bond acceptors (Lipinski definition) is 6. The van der Waals surface area contributed by atoms with Gasteiger partial charge in [0.05, 0.1) is 16.6 Å². The minimum atomic E-state index is -0.740. The van der Waals surface area contributed by atoms with E-state index in [0.29, 0.717) is 36.2 Å². The van der Waals surface area contributed by atoms with Gasteiger partial charge in [0, 0.05) is 32.7 Å². The molecule has 10 heteroatoms. The van der Waals surface area contributed by atoms with E-state index < -0.39 is 17.6 Å². The van der Waals surface area contributed by atoms with E-state index in [1.807, 2.05) is 26.8 Å². The van der Waals surface area contributed by atoms with Gasteiger partial charge in [-0.25, -0.2) is 9.59 Å². The van der Waals surface area contributed by atoms with E-state index in [0.717, 1.165) is 12.8 Å². The molecule has 1 aromatic carbocycles. The van der Waals surface area contributed by atoms with Gasteiger partial charge in [0.25, 0.3) is 0 Å². The van der Waals surface area contributed by atoms with Gasteiger partial charge in [0.2, 0.25) is 11.8 Å². The molecule has 1 aliphatic carbocycles. The highest BCUT2D eigenvalue weighted by molar-refractivity contribution is 6.00. The van der Waals surface area contributed by atoms with Crippen LogP contribution in [0.25, 0.3) is 11.0 Å². The molecule has 1 N–H and O–H groups in total. The average Bonchev–Trinajstić information content (AvgIpc) is 3.62. The summed E-state index contributed by atoms with van der Waals surface area (Å²) >= 11 is 0. The summed E-state index contributed by atoms with van der Waals surface area (Å²) in [6.07, 6.45) is 2.87. The topological polar surface area (TPSA) is 112 Å². The molecule has 2 aromatic rings. The molecule has 1 saturated heterocycles. The van der Waals surface area contributed by atoms with Crippen LogP contribution in [0.5, 0.6) is 0 Å². The lowest BCUT2D eigenvalue weighted by molar-refractivity contribution is -0.135. The Bertz CT molecular complexity index is 1320.